The minimum absolute atomic E-state index is 0.958. The van der Waals surface area contributed by atoms with Gasteiger partial charge in [0.2, 0.25) is 0 Å². The average molecular weight is 218 g/mol. The van der Waals surface area contributed by atoms with Gasteiger partial charge in [0.05, 0.1) is 5.52 Å². The van der Waals surface area contributed by atoms with Crippen LogP contribution >= 0.6 is 0 Å². The van der Waals surface area contributed by atoms with E-state index in [1.54, 1.807) is 0 Å². The van der Waals surface area contributed by atoms with Gasteiger partial charge in [-0.05, 0) is 41.8 Å². The van der Waals surface area contributed by atoms with Crippen LogP contribution in [0.4, 0.5) is 0 Å². The highest BCUT2D eigenvalue weighted by molar-refractivity contribution is 5.79. The summed E-state index contributed by atoms with van der Waals surface area (Å²) in [6, 6.07) is 21.7. The van der Waals surface area contributed by atoms with Crippen LogP contribution in [0.1, 0.15) is 11.1 Å². The van der Waals surface area contributed by atoms with Crippen LogP contribution in [-0.4, -0.2) is 4.98 Å². The lowest BCUT2D eigenvalue weighted by molar-refractivity contribution is 1.20. The molecule has 1 heteroatoms. The molecule has 1 nitrogen and oxygen atoms in total. The predicted molar refractivity (Wildman–Crippen MR) is 69.8 cm³/mol. The second-order valence-corrected chi connectivity index (χ2v) is 4.12. The molecule has 81 valence electrons. The van der Waals surface area contributed by atoms with Crippen LogP contribution in [-0.2, 0) is 6.42 Å². The molecule has 0 atom stereocenters. The lowest BCUT2D eigenvalue weighted by Crippen LogP contribution is -1.88. The van der Waals surface area contributed by atoms with Crippen LogP contribution in [0.15, 0.2) is 60.8 Å². The predicted octanol–water partition coefficient (Wildman–Crippen LogP) is 3.63. The number of aromatic nitrogens is 1. The molecule has 0 saturated carbocycles. The van der Waals surface area contributed by atoms with Gasteiger partial charge in [0.1, 0.15) is 0 Å². The van der Waals surface area contributed by atoms with Crippen LogP contribution in [0.3, 0.4) is 0 Å². The standard InChI is InChI=1S/C16H12N/c1-2-5-13(6-3-1)11-14-8-9-16-15(12-14)7-4-10-17-16/h2-10,12H,11H2. The molecule has 0 N–H and O–H groups in total. The molecule has 0 spiro atoms. The van der Waals surface area contributed by atoms with E-state index in [1.807, 2.05) is 24.4 Å². The fourth-order valence-corrected chi connectivity index (χ4v) is 2.01. The van der Waals surface area contributed by atoms with Crippen molar-refractivity contribution in [2.24, 2.45) is 0 Å². The first-order valence-corrected chi connectivity index (χ1v) is 5.70. The van der Waals surface area contributed by atoms with Crippen molar-refractivity contribution in [1.82, 2.24) is 4.98 Å². The zero-order valence-electron chi connectivity index (χ0n) is 9.43. The molecule has 0 aliphatic rings. The van der Waals surface area contributed by atoms with Gasteiger partial charge in [0.15, 0.2) is 0 Å². The maximum Gasteiger partial charge on any atom is 0.0702 e. The first-order valence-electron chi connectivity index (χ1n) is 5.70. The Bertz CT molecular complexity index is 629. The monoisotopic (exact) mass is 218 g/mol. The van der Waals surface area contributed by atoms with Crippen LogP contribution in [0.2, 0.25) is 0 Å². The van der Waals surface area contributed by atoms with E-state index in [9.17, 15) is 0 Å². The molecule has 3 aromatic rings. The number of fused-ring (bicyclic) bond motifs is 1. The third-order valence-electron chi connectivity index (χ3n) is 2.86. The van der Waals surface area contributed by atoms with E-state index < -0.39 is 0 Å². The number of pyridine rings is 1. The van der Waals surface area contributed by atoms with Gasteiger partial charge >= 0.3 is 0 Å². The van der Waals surface area contributed by atoms with Gasteiger partial charge in [-0.2, -0.15) is 0 Å². The first-order chi connectivity index (χ1) is 8.42. The minimum atomic E-state index is 0.958. The summed E-state index contributed by atoms with van der Waals surface area (Å²) in [5.74, 6) is 0. The molecule has 1 radical (unpaired) electrons. The molecule has 3 rings (SSSR count). The van der Waals surface area contributed by atoms with E-state index in [0.29, 0.717) is 0 Å². The molecule has 17 heavy (non-hydrogen) atoms. The van der Waals surface area contributed by atoms with Crippen molar-refractivity contribution in [2.75, 3.05) is 0 Å². The van der Waals surface area contributed by atoms with Crippen molar-refractivity contribution < 1.29 is 0 Å². The summed E-state index contributed by atoms with van der Waals surface area (Å²) in [5, 5.41) is 1.20. The van der Waals surface area contributed by atoms with E-state index in [1.165, 1.54) is 16.5 Å². The average Bonchev–Trinajstić information content (AvgIpc) is 2.40. The Morgan fingerprint density at radius 2 is 1.82 bits per heavy atom. The van der Waals surface area contributed by atoms with Gasteiger partial charge < -0.3 is 0 Å². The minimum Gasteiger partial charge on any atom is -0.256 e. The molecule has 1 aromatic heterocycles. The number of benzene rings is 2. The van der Waals surface area contributed by atoms with Gasteiger partial charge in [-0.25, -0.2) is 0 Å². The summed E-state index contributed by atoms with van der Waals surface area (Å²) in [7, 11) is 0. The Morgan fingerprint density at radius 3 is 2.71 bits per heavy atom. The van der Waals surface area contributed by atoms with E-state index in [4.69, 9.17) is 0 Å². The van der Waals surface area contributed by atoms with E-state index in [2.05, 4.69) is 47.4 Å². The van der Waals surface area contributed by atoms with Crippen molar-refractivity contribution >= 4 is 10.9 Å². The molecule has 0 aliphatic heterocycles. The van der Waals surface area contributed by atoms with Gasteiger partial charge in [-0.15, -0.1) is 0 Å². The van der Waals surface area contributed by atoms with Crippen molar-refractivity contribution in [3.8, 4) is 0 Å². The Morgan fingerprint density at radius 1 is 0.941 bits per heavy atom. The molecular formula is C16H12N. The molecule has 0 fully saturated rings. The van der Waals surface area contributed by atoms with Crippen molar-refractivity contribution in [3.63, 3.8) is 0 Å². The van der Waals surface area contributed by atoms with E-state index in [-0.39, 0.29) is 0 Å². The second-order valence-electron chi connectivity index (χ2n) is 4.12. The van der Waals surface area contributed by atoms with Crippen LogP contribution in [0.25, 0.3) is 10.9 Å². The van der Waals surface area contributed by atoms with Gasteiger partial charge in [0, 0.05) is 11.6 Å². The molecule has 1 heterocycles. The lowest BCUT2D eigenvalue weighted by atomic mass is 10.0. The summed E-state index contributed by atoms with van der Waals surface area (Å²) in [6.07, 6.45) is 2.79. The quantitative estimate of drug-likeness (QED) is 0.640. The fourth-order valence-electron chi connectivity index (χ4n) is 2.01. The van der Waals surface area contributed by atoms with Crippen LogP contribution < -0.4 is 0 Å². The molecule has 0 bridgehead atoms. The van der Waals surface area contributed by atoms with Gasteiger partial charge in [0.25, 0.3) is 0 Å². The Kier molecular flexibility index (Phi) is 2.59. The molecule has 2 aromatic carbocycles. The highest BCUT2D eigenvalue weighted by Crippen LogP contribution is 2.16. The smallest absolute Gasteiger partial charge is 0.0702 e. The first kappa shape index (κ1) is 10.0. The highest BCUT2D eigenvalue weighted by Gasteiger charge is 1.98. The normalized spacial score (nSPS) is 10.6. The van der Waals surface area contributed by atoms with E-state index >= 15 is 0 Å². The fraction of sp³-hybridized carbons (Fsp3) is 0.0625. The number of rotatable bonds is 2. The van der Waals surface area contributed by atoms with Crippen LogP contribution in [0, 0.1) is 6.07 Å². The summed E-state index contributed by atoms with van der Waals surface area (Å²) < 4.78 is 0. The Balaban J connectivity index is 1.96. The third kappa shape index (κ3) is 2.18. The maximum atomic E-state index is 4.32. The number of nitrogens with zero attached hydrogens (tertiary/aromatic N) is 1. The largest absolute Gasteiger partial charge is 0.256 e. The zero-order valence-corrected chi connectivity index (χ0v) is 9.43. The summed E-state index contributed by atoms with van der Waals surface area (Å²) in [6.45, 7) is 0. The van der Waals surface area contributed by atoms with Gasteiger partial charge in [-0.3, -0.25) is 4.98 Å². The zero-order chi connectivity index (χ0) is 11.5. The topological polar surface area (TPSA) is 12.9 Å². The Hall–Kier alpha value is -2.15. The number of hydrogen-bond acceptors (Lipinski definition) is 1. The lowest BCUT2D eigenvalue weighted by Gasteiger charge is -2.03. The van der Waals surface area contributed by atoms with Crippen LogP contribution in [0.5, 0.6) is 0 Å². The summed E-state index contributed by atoms with van der Waals surface area (Å²) >= 11 is 0. The summed E-state index contributed by atoms with van der Waals surface area (Å²) in [4.78, 5) is 4.32. The molecular weight excluding hydrogens is 206 g/mol. The molecule has 0 unspecified atom stereocenters. The van der Waals surface area contributed by atoms with Crippen molar-refractivity contribution in [2.45, 2.75) is 6.42 Å². The molecule has 0 saturated heterocycles. The maximum absolute atomic E-state index is 4.32. The van der Waals surface area contributed by atoms with Crippen molar-refractivity contribution in [1.29, 1.82) is 0 Å². The SMILES string of the molecule is [c]1ccc(Cc2ccc3ncccc3c2)cc1. The second kappa shape index (κ2) is 4.38. The van der Waals surface area contributed by atoms with Crippen molar-refractivity contribution in [3.05, 3.63) is 78.0 Å². The highest BCUT2D eigenvalue weighted by atomic mass is 14.6. The third-order valence-corrected chi connectivity index (χ3v) is 2.86. The Labute approximate surface area is 101 Å². The van der Waals surface area contributed by atoms with E-state index in [0.717, 1.165) is 11.9 Å². The van der Waals surface area contributed by atoms with Gasteiger partial charge in [-0.1, -0.05) is 36.4 Å². The molecule has 0 amide bonds. The molecule has 0 aliphatic carbocycles. The number of hydrogen-bond donors (Lipinski definition) is 0. The summed E-state index contributed by atoms with van der Waals surface area (Å²) in [5.41, 5.74) is 3.68.